The molecule has 1 aromatic carbocycles. The minimum Gasteiger partial charge on any atom is -0.390 e. The van der Waals surface area contributed by atoms with E-state index >= 15 is 0 Å². The van der Waals surface area contributed by atoms with Gasteiger partial charge in [0.25, 0.3) is 0 Å². The molecule has 10 nitrogen and oxygen atoms in total. The highest BCUT2D eigenvalue weighted by atomic mass is 16.6. The van der Waals surface area contributed by atoms with E-state index in [1.807, 2.05) is 0 Å². The molecule has 0 aliphatic heterocycles. The first kappa shape index (κ1) is 11.8. The fraction of sp³-hybridized carbons (Fsp3) is 0. The van der Waals surface area contributed by atoms with Gasteiger partial charge in [0, 0.05) is 12.1 Å². The molecule has 2 heterocycles. The molecular weight excluding hydrogens is 280 g/mol. The molecule has 0 fully saturated rings. The lowest BCUT2D eigenvalue weighted by atomic mass is 10.3. The van der Waals surface area contributed by atoms with Crippen molar-refractivity contribution in [2.75, 3.05) is 0 Å². The van der Waals surface area contributed by atoms with Gasteiger partial charge in [-0.05, 0) is 0 Å². The van der Waals surface area contributed by atoms with Crippen LogP contribution in [0, 0.1) is 0 Å². The number of hydrogen-bond acceptors (Lipinski definition) is 10. The van der Waals surface area contributed by atoms with Gasteiger partial charge in [-0.15, -0.1) is 0 Å². The maximum atomic E-state index is 11.0. The van der Waals surface area contributed by atoms with E-state index in [9.17, 15) is 19.2 Å². The Morgan fingerprint density at radius 3 is 0.950 bits per heavy atom. The van der Waals surface area contributed by atoms with Gasteiger partial charge in [-0.3, -0.25) is 0 Å². The van der Waals surface area contributed by atoms with Gasteiger partial charge in [-0.2, -0.15) is 0 Å². The van der Waals surface area contributed by atoms with Gasteiger partial charge in [0.1, 0.15) is 0 Å². The Morgan fingerprint density at radius 1 is 0.450 bits per heavy atom. The second-order valence-corrected chi connectivity index (χ2v) is 3.36. The van der Waals surface area contributed by atoms with Crippen LogP contribution in [-0.2, 0) is 0 Å². The second kappa shape index (κ2) is 4.12. The highest BCUT2D eigenvalue weighted by Gasteiger charge is 2.08. The van der Waals surface area contributed by atoms with Gasteiger partial charge in [0.15, 0.2) is 22.3 Å². The minimum atomic E-state index is -1.33. The van der Waals surface area contributed by atoms with Crippen LogP contribution in [0.5, 0.6) is 0 Å². The highest BCUT2D eigenvalue weighted by Crippen LogP contribution is 2.18. The van der Waals surface area contributed by atoms with Crippen molar-refractivity contribution in [2.24, 2.45) is 0 Å². The second-order valence-electron chi connectivity index (χ2n) is 3.36. The third-order valence-electron chi connectivity index (χ3n) is 2.12. The molecule has 0 radical (unpaired) electrons. The zero-order valence-corrected chi connectivity index (χ0v) is 9.24. The van der Waals surface area contributed by atoms with Crippen molar-refractivity contribution in [3.8, 4) is 0 Å². The SMILES string of the molecule is O=c1oc(=O)oc2cc3oc(=O)oc(=O)oc3cc2o1. The average Bonchev–Trinajstić information content (AvgIpc) is 2.53. The van der Waals surface area contributed by atoms with E-state index in [2.05, 4.69) is 26.5 Å². The molecule has 3 rings (SSSR count). The topological polar surface area (TPSA) is 147 Å². The Hall–Kier alpha value is -3.30. The third kappa shape index (κ3) is 2.05. The van der Waals surface area contributed by atoms with Crippen molar-refractivity contribution in [1.29, 1.82) is 0 Å². The van der Waals surface area contributed by atoms with E-state index in [4.69, 9.17) is 0 Å². The van der Waals surface area contributed by atoms with Gasteiger partial charge < -0.3 is 26.5 Å². The summed E-state index contributed by atoms with van der Waals surface area (Å²) in [5.74, 6) is -5.33. The Labute approximate surface area is 104 Å². The normalized spacial score (nSPS) is 10.8. The smallest absolute Gasteiger partial charge is 0.390 e. The Bertz CT molecular complexity index is 909. The summed E-state index contributed by atoms with van der Waals surface area (Å²) in [7, 11) is 0. The third-order valence-corrected chi connectivity index (χ3v) is 2.12. The molecule has 10 heteroatoms. The average molecular weight is 282 g/mol. The molecule has 0 spiro atoms. The van der Waals surface area contributed by atoms with Crippen molar-refractivity contribution in [2.45, 2.75) is 0 Å². The summed E-state index contributed by atoms with van der Waals surface area (Å²) in [5.41, 5.74) is -1.09. The zero-order chi connectivity index (χ0) is 14.3. The van der Waals surface area contributed by atoms with Crippen LogP contribution in [0.1, 0.15) is 0 Å². The molecule has 0 unspecified atom stereocenters. The van der Waals surface area contributed by atoms with E-state index in [-0.39, 0.29) is 22.3 Å². The first-order chi connectivity index (χ1) is 9.51. The summed E-state index contributed by atoms with van der Waals surface area (Å²) in [6, 6.07) is 1.98. The summed E-state index contributed by atoms with van der Waals surface area (Å²) in [6.45, 7) is 0. The number of rotatable bonds is 0. The Morgan fingerprint density at radius 2 is 0.700 bits per heavy atom. The van der Waals surface area contributed by atoms with Crippen molar-refractivity contribution in [3.63, 3.8) is 0 Å². The lowest BCUT2D eigenvalue weighted by Crippen LogP contribution is -2.01. The lowest BCUT2D eigenvalue weighted by molar-refractivity contribution is 0.280. The van der Waals surface area contributed by atoms with Crippen molar-refractivity contribution in [3.05, 3.63) is 54.6 Å². The molecule has 0 aliphatic carbocycles. The van der Waals surface area contributed by atoms with Crippen LogP contribution in [0.25, 0.3) is 22.3 Å². The minimum absolute atomic E-state index is 0.273. The van der Waals surface area contributed by atoms with Crippen LogP contribution in [0.2, 0.25) is 0 Å². The van der Waals surface area contributed by atoms with Gasteiger partial charge >= 0.3 is 23.3 Å². The van der Waals surface area contributed by atoms with E-state index < -0.39 is 23.3 Å². The molecule has 3 aromatic rings. The molecule has 0 saturated heterocycles. The van der Waals surface area contributed by atoms with E-state index in [1.165, 1.54) is 0 Å². The fourth-order valence-electron chi connectivity index (χ4n) is 1.42. The van der Waals surface area contributed by atoms with Crippen LogP contribution >= 0.6 is 0 Å². The standard InChI is InChI=1S/C10H2O10/c11-7-15-3-1-4-6(2-5(3)17-9(13)19-7)18-10(14)20-8(12)16-4/h1-2H. The molecule has 20 heavy (non-hydrogen) atoms. The molecule has 0 bridgehead atoms. The molecule has 0 atom stereocenters. The Kier molecular flexibility index (Phi) is 2.42. The number of benzene rings is 1. The van der Waals surface area contributed by atoms with E-state index in [0.29, 0.717) is 0 Å². The van der Waals surface area contributed by atoms with Gasteiger partial charge in [0.2, 0.25) is 0 Å². The lowest BCUT2D eigenvalue weighted by Gasteiger charge is -1.89. The maximum absolute atomic E-state index is 11.0. The van der Waals surface area contributed by atoms with Crippen LogP contribution in [0.3, 0.4) is 0 Å². The van der Waals surface area contributed by atoms with Gasteiger partial charge in [-0.1, -0.05) is 0 Å². The van der Waals surface area contributed by atoms with Crippen LogP contribution in [0.4, 0.5) is 0 Å². The fourth-order valence-corrected chi connectivity index (χ4v) is 1.42. The molecule has 0 aliphatic rings. The monoisotopic (exact) mass is 282 g/mol. The van der Waals surface area contributed by atoms with Crippen molar-refractivity contribution >= 4 is 22.3 Å². The first-order valence-electron chi connectivity index (χ1n) is 4.92. The summed E-state index contributed by atoms with van der Waals surface area (Å²) in [6.07, 6.45) is 0. The first-order valence-corrected chi connectivity index (χ1v) is 4.92. The highest BCUT2D eigenvalue weighted by molar-refractivity contribution is 5.85. The van der Waals surface area contributed by atoms with E-state index in [1.54, 1.807) is 0 Å². The molecule has 0 amide bonds. The largest absolute Gasteiger partial charge is 0.524 e. The number of hydrogen-bond donors (Lipinski definition) is 0. The van der Waals surface area contributed by atoms with Crippen LogP contribution in [-0.4, -0.2) is 0 Å². The molecular formula is C10H2O10. The molecule has 102 valence electrons. The molecule has 0 N–H and O–H groups in total. The van der Waals surface area contributed by atoms with Crippen LogP contribution < -0.4 is 23.3 Å². The number of fused-ring (bicyclic) bond motifs is 2. The predicted octanol–water partition coefficient (Wildman–Crippen LogP) is 0.116. The van der Waals surface area contributed by atoms with Crippen molar-refractivity contribution < 1.29 is 26.5 Å². The summed E-state index contributed by atoms with van der Waals surface area (Å²) in [5, 5.41) is 0. The van der Waals surface area contributed by atoms with Crippen molar-refractivity contribution in [1.82, 2.24) is 0 Å². The Balaban J connectivity index is 2.64. The van der Waals surface area contributed by atoms with Gasteiger partial charge in [0.05, 0.1) is 0 Å². The molecule has 0 saturated carbocycles. The molecule has 2 aromatic heterocycles. The van der Waals surface area contributed by atoms with E-state index in [0.717, 1.165) is 12.1 Å². The summed E-state index contributed by atoms with van der Waals surface area (Å²) in [4.78, 5) is 44.2. The predicted molar refractivity (Wildman–Crippen MR) is 57.8 cm³/mol. The zero-order valence-electron chi connectivity index (χ0n) is 9.24. The quantitative estimate of drug-likeness (QED) is 0.556. The van der Waals surface area contributed by atoms with Gasteiger partial charge in [-0.25, -0.2) is 19.2 Å². The van der Waals surface area contributed by atoms with Crippen LogP contribution in [0.15, 0.2) is 57.8 Å². The summed E-state index contributed by atoms with van der Waals surface area (Å²) < 4.78 is 26.6. The maximum Gasteiger partial charge on any atom is 0.524 e. The summed E-state index contributed by atoms with van der Waals surface area (Å²) >= 11 is 0.